The number of benzene rings is 2. The van der Waals surface area contributed by atoms with Crippen molar-refractivity contribution in [1.82, 2.24) is 0 Å². The summed E-state index contributed by atoms with van der Waals surface area (Å²) in [5.74, 6) is -0.249. The van der Waals surface area contributed by atoms with Gasteiger partial charge in [-0.1, -0.05) is 28.1 Å². The standard InChI is InChI=1S/C16H17BrFNO/c1-3-19(13-6-4-5-12(18)9-13)14-7-8-15(11(2)20)16(17)10-14/h4-11,20H,3H2,1-2H3/t11-/m0/s1. The lowest BCUT2D eigenvalue weighted by atomic mass is 10.1. The summed E-state index contributed by atoms with van der Waals surface area (Å²) in [6.07, 6.45) is -0.525. The zero-order valence-corrected chi connectivity index (χ0v) is 13.1. The average Bonchev–Trinajstić information content (AvgIpc) is 2.39. The van der Waals surface area contributed by atoms with Gasteiger partial charge in [0.2, 0.25) is 0 Å². The van der Waals surface area contributed by atoms with Crippen LogP contribution in [-0.4, -0.2) is 11.7 Å². The largest absolute Gasteiger partial charge is 0.389 e. The van der Waals surface area contributed by atoms with Crippen LogP contribution in [0.5, 0.6) is 0 Å². The van der Waals surface area contributed by atoms with Gasteiger partial charge in [0.15, 0.2) is 0 Å². The summed E-state index contributed by atoms with van der Waals surface area (Å²) in [5, 5.41) is 9.65. The van der Waals surface area contributed by atoms with Gasteiger partial charge in [0.25, 0.3) is 0 Å². The molecule has 0 amide bonds. The molecule has 0 saturated heterocycles. The lowest BCUT2D eigenvalue weighted by Crippen LogP contribution is -2.16. The molecular weight excluding hydrogens is 321 g/mol. The molecular formula is C16H17BrFNO. The summed E-state index contributed by atoms with van der Waals surface area (Å²) in [4.78, 5) is 2.01. The molecule has 0 bridgehead atoms. The van der Waals surface area contributed by atoms with Crippen LogP contribution >= 0.6 is 15.9 Å². The van der Waals surface area contributed by atoms with E-state index < -0.39 is 6.10 Å². The van der Waals surface area contributed by atoms with Gasteiger partial charge >= 0.3 is 0 Å². The number of hydrogen-bond acceptors (Lipinski definition) is 2. The highest BCUT2D eigenvalue weighted by molar-refractivity contribution is 9.10. The molecule has 1 N–H and O–H groups in total. The molecule has 0 aromatic heterocycles. The van der Waals surface area contributed by atoms with Crippen molar-refractivity contribution in [3.8, 4) is 0 Å². The summed E-state index contributed by atoms with van der Waals surface area (Å²) in [5.41, 5.74) is 2.60. The number of halogens is 2. The molecule has 2 rings (SSSR count). The first kappa shape index (κ1) is 15.0. The van der Waals surface area contributed by atoms with E-state index in [2.05, 4.69) is 15.9 Å². The highest BCUT2D eigenvalue weighted by atomic mass is 79.9. The van der Waals surface area contributed by atoms with Crippen LogP contribution in [0.25, 0.3) is 0 Å². The van der Waals surface area contributed by atoms with E-state index in [1.54, 1.807) is 13.0 Å². The van der Waals surface area contributed by atoms with Gasteiger partial charge in [0.05, 0.1) is 6.10 Å². The molecule has 0 fully saturated rings. The number of aliphatic hydroxyl groups excluding tert-OH is 1. The van der Waals surface area contributed by atoms with E-state index >= 15 is 0 Å². The van der Waals surface area contributed by atoms with Gasteiger partial charge in [-0.2, -0.15) is 0 Å². The van der Waals surface area contributed by atoms with Crippen LogP contribution in [0.15, 0.2) is 46.9 Å². The second-order valence-corrected chi connectivity index (χ2v) is 5.46. The first-order chi connectivity index (χ1) is 9.52. The van der Waals surface area contributed by atoms with Crippen molar-refractivity contribution in [2.75, 3.05) is 11.4 Å². The van der Waals surface area contributed by atoms with Crippen molar-refractivity contribution in [3.05, 3.63) is 58.3 Å². The summed E-state index contributed by atoms with van der Waals surface area (Å²) < 4.78 is 14.2. The molecule has 1 atom stereocenters. The van der Waals surface area contributed by atoms with Gasteiger partial charge in [0.1, 0.15) is 5.82 Å². The number of nitrogens with zero attached hydrogens (tertiary/aromatic N) is 1. The topological polar surface area (TPSA) is 23.5 Å². The average molecular weight is 338 g/mol. The highest BCUT2D eigenvalue weighted by Crippen LogP contribution is 2.31. The van der Waals surface area contributed by atoms with E-state index in [1.165, 1.54) is 12.1 Å². The Morgan fingerprint density at radius 3 is 2.45 bits per heavy atom. The van der Waals surface area contributed by atoms with Crippen molar-refractivity contribution < 1.29 is 9.50 Å². The quantitative estimate of drug-likeness (QED) is 0.866. The van der Waals surface area contributed by atoms with Gasteiger partial charge in [-0.3, -0.25) is 0 Å². The van der Waals surface area contributed by atoms with Crippen LogP contribution in [-0.2, 0) is 0 Å². The second kappa shape index (κ2) is 6.37. The number of anilines is 2. The minimum Gasteiger partial charge on any atom is -0.389 e. The van der Waals surface area contributed by atoms with E-state index in [-0.39, 0.29) is 5.82 Å². The first-order valence-corrected chi connectivity index (χ1v) is 7.33. The molecule has 0 radical (unpaired) electrons. The lowest BCUT2D eigenvalue weighted by molar-refractivity contribution is 0.198. The zero-order chi connectivity index (χ0) is 14.7. The Bertz CT molecular complexity index is 601. The fourth-order valence-corrected chi connectivity index (χ4v) is 2.88. The van der Waals surface area contributed by atoms with Crippen LogP contribution < -0.4 is 4.90 Å². The summed E-state index contributed by atoms with van der Waals surface area (Å²) in [6.45, 7) is 4.47. The molecule has 106 valence electrons. The molecule has 20 heavy (non-hydrogen) atoms. The Kier molecular flexibility index (Phi) is 4.78. The van der Waals surface area contributed by atoms with E-state index in [1.807, 2.05) is 36.1 Å². The molecule has 0 saturated carbocycles. The molecule has 0 aliphatic heterocycles. The second-order valence-electron chi connectivity index (χ2n) is 4.61. The van der Waals surface area contributed by atoms with Gasteiger partial charge < -0.3 is 10.0 Å². The minimum absolute atomic E-state index is 0.249. The van der Waals surface area contributed by atoms with Gasteiger partial charge in [-0.15, -0.1) is 0 Å². The molecule has 4 heteroatoms. The Balaban J connectivity index is 2.40. The van der Waals surface area contributed by atoms with E-state index in [9.17, 15) is 9.50 Å². The number of hydrogen-bond donors (Lipinski definition) is 1. The smallest absolute Gasteiger partial charge is 0.125 e. The molecule has 2 aromatic carbocycles. The first-order valence-electron chi connectivity index (χ1n) is 6.53. The van der Waals surface area contributed by atoms with Crippen molar-refractivity contribution in [1.29, 1.82) is 0 Å². The molecule has 0 aliphatic rings. The third kappa shape index (κ3) is 3.19. The Labute approximate surface area is 127 Å². The van der Waals surface area contributed by atoms with Crippen LogP contribution in [0.2, 0.25) is 0 Å². The summed E-state index contributed by atoms with van der Waals surface area (Å²) in [7, 11) is 0. The van der Waals surface area contributed by atoms with Crippen LogP contribution in [0.3, 0.4) is 0 Å². The van der Waals surface area contributed by atoms with E-state index in [0.29, 0.717) is 0 Å². The van der Waals surface area contributed by atoms with Crippen molar-refractivity contribution in [2.24, 2.45) is 0 Å². The number of aliphatic hydroxyl groups is 1. The maximum atomic E-state index is 13.4. The van der Waals surface area contributed by atoms with E-state index in [0.717, 1.165) is 28.0 Å². The Hall–Kier alpha value is -1.39. The third-order valence-corrected chi connectivity index (χ3v) is 3.87. The SMILES string of the molecule is CCN(c1cccc(F)c1)c1ccc([C@H](C)O)c(Br)c1. The Morgan fingerprint density at radius 1 is 1.20 bits per heavy atom. The van der Waals surface area contributed by atoms with Crippen LogP contribution in [0.1, 0.15) is 25.5 Å². The van der Waals surface area contributed by atoms with Gasteiger partial charge in [-0.25, -0.2) is 4.39 Å². The fraction of sp³-hybridized carbons (Fsp3) is 0.250. The van der Waals surface area contributed by atoms with Crippen molar-refractivity contribution in [3.63, 3.8) is 0 Å². The van der Waals surface area contributed by atoms with Crippen LogP contribution in [0, 0.1) is 5.82 Å². The molecule has 2 nitrogen and oxygen atoms in total. The van der Waals surface area contributed by atoms with Crippen molar-refractivity contribution >= 4 is 27.3 Å². The highest BCUT2D eigenvalue weighted by Gasteiger charge is 2.12. The van der Waals surface area contributed by atoms with Crippen LogP contribution in [0.4, 0.5) is 15.8 Å². The third-order valence-electron chi connectivity index (χ3n) is 3.18. The molecule has 0 unspecified atom stereocenters. The normalized spacial score (nSPS) is 12.2. The zero-order valence-electron chi connectivity index (χ0n) is 11.5. The molecule has 0 heterocycles. The minimum atomic E-state index is -0.525. The predicted octanol–water partition coefficient (Wildman–Crippen LogP) is 4.80. The predicted molar refractivity (Wildman–Crippen MR) is 83.9 cm³/mol. The van der Waals surface area contributed by atoms with Crippen molar-refractivity contribution in [2.45, 2.75) is 20.0 Å². The van der Waals surface area contributed by atoms with Gasteiger partial charge in [0, 0.05) is 22.4 Å². The molecule has 0 aliphatic carbocycles. The summed E-state index contributed by atoms with van der Waals surface area (Å²) >= 11 is 3.47. The summed E-state index contributed by atoms with van der Waals surface area (Å²) in [6, 6.07) is 12.3. The maximum Gasteiger partial charge on any atom is 0.125 e. The molecule has 2 aromatic rings. The van der Waals surface area contributed by atoms with E-state index in [4.69, 9.17) is 0 Å². The maximum absolute atomic E-state index is 13.4. The monoisotopic (exact) mass is 337 g/mol. The lowest BCUT2D eigenvalue weighted by Gasteiger charge is -2.24. The Morgan fingerprint density at radius 2 is 1.90 bits per heavy atom. The fourth-order valence-electron chi connectivity index (χ4n) is 2.18. The van der Waals surface area contributed by atoms with Gasteiger partial charge in [-0.05, 0) is 49.7 Å². The number of rotatable bonds is 4. The molecule has 0 spiro atoms.